The van der Waals surface area contributed by atoms with Crippen molar-refractivity contribution in [3.8, 4) is 0 Å². The average molecular weight is 264 g/mol. The Balaban J connectivity index is 2.36. The summed E-state index contributed by atoms with van der Waals surface area (Å²) in [4.78, 5) is 22.4. The summed E-state index contributed by atoms with van der Waals surface area (Å²) in [6.07, 6.45) is 0.493. The number of aliphatic carboxylic acids is 1. The van der Waals surface area contributed by atoms with Crippen LogP contribution in [0.2, 0.25) is 0 Å². The lowest BCUT2D eigenvalue weighted by Crippen LogP contribution is -2.39. The summed E-state index contributed by atoms with van der Waals surface area (Å²) in [5.74, 6) is -1.43. The highest BCUT2D eigenvalue weighted by molar-refractivity contribution is 5.75. The lowest BCUT2D eigenvalue weighted by Gasteiger charge is -2.12. The Kier molecular flexibility index (Phi) is 5.85. The van der Waals surface area contributed by atoms with E-state index in [0.29, 0.717) is 13.0 Å². The molecule has 104 valence electrons. The number of carbonyl (C=O) groups excluding carboxylic acids is 1. The van der Waals surface area contributed by atoms with E-state index in [1.54, 1.807) is 6.92 Å². The molecule has 0 bridgehead atoms. The van der Waals surface area contributed by atoms with Crippen LogP contribution in [0.1, 0.15) is 24.5 Å². The van der Waals surface area contributed by atoms with Crippen LogP contribution in [0.3, 0.4) is 0 Å². The van der Waals surface area contributed by atoms with Gasteiger partial charge in [-0.3, -0.25) is 4.79 Å². The Labute approximate surface area is 113 Å². The molecule has 0 aromatic heterocycles. The Hall–Kier alpha value is -2.04. The third kappa shape index (κ3) is 4.99. The highest BCUT2D eigenvalue weighted by Gasteiger charge is 2.15. The summed E-state index contributed by atoms with van der Waals surface area (Å²) < 4.78 is 0. The van der Waals surface area contributed by atoms with Crippen molar-refractivity contribution in [1.82, 2.24) is 10.6 Å². The topological polar surface area (TPSA) is 78.4 Å². The number of urea groups is 1. The van der Waals surface area contributed by atoms with Gasteiger partial charge < -0.3 is 15.7 Å². The SMILES string of the molecule is CCC(CNC(=O)NCc1ccccc1C)C(=O)O. The molecular formula is C14H20N2O3. The van der Waals surface area contributed by atoms with E-state index < -0.39 is 11.9 Å². The van der Waals surface area contributed by atoms with Gasteiger partial charge in [0.25, 0.3) is 0 Å². The van der Waals surface area contributed by atoms with Gasteiger partial charge in [0.15, 0.2) is 0 Å². The first kappa shape index (κ1) is 15.0. The molecule has 0 fully saturated rings. The summed E-state index contributed by atoms with van der Waals surface area (Å²) in [6.45, 7) is 4.34. The smallest absolute Gasteiger partial charge is 0.315 e. The predicted octanol–water partition coefficient (Wildman–Crippen LogP) is 1.91. The van der Waals surface area contributed by atoms with E-state index in [9.17, 15) is 9.59 Å². The van der Waals surface area contributed by atoms with Crippen LogP contribution in [0.15, 0.2) is 24.3 Å². The minimum Gasteiger partial charge on any atom is -0.481 e. The maximum Gasteiger partial charge on any atom is 0.315 e. The van der Waals surface area contributed by atoms with Crippen LogP contribution in [0, 0.1) is 12.8 Å². The van der Waals surface area contributed by atoms with Crippen molar-refractivity contribution in [1.29, 1.82) is 0 Å². The predicted molar refractivity (Wildman–Crippen MR) is 72.8 cm³/mol. The fourth-order valence-electron chi connectivity index (χ4n) is 1.67. The fraction of sp³-hybridized carbons (Fsp3) is 0.429. The zero-order valence-electron chi connectivity index (χ0n) is 11.3. The number of hydrogen-bond acceptors (Lipinski definition) is 2. The summed E-state index contributed by atoms with van der Waals surface area (Å²) >= 11 is 0. The van der Waals surface area contributed by atoms with Crippen LogP contribution in [-0.4, -0.2) is 23.7 Å². The number of benzene rings is 1. The van der Waals surface area contributed by atoms with Crippen molar-refractivity contribution in [2.24, 2.45) is 5.92 Å². The Morgan fingerprint density at radius 3 is 2.53 bits per heavy atom. The second-order valence-electron chi connectivity index (χ2n) is 4.43. The van der Waals surface area contributed by atoms with Crippen LogP contribution >= 0.6 is 0 Å². The van der Waals surface area contributed by atoms with E-state index in [4.69, 9.17) is 5.11 Å². The van der Waals surface area contributed by atoms with Gasteiger partial charge >= 0.3 is 12.0 Å². The first-order chi connectivity index (χ1) is 9.04. The van der Waals surface area contributed by atoms with Crippen molar-refractivity contribution in [2.75, 3.05) is 6.54 Å². The zero-order chi connectivity index (χ0) is 14.3. The van der Waals surface area contributed by atoms with Gasteiger partial charge in [-0.1, -0.05) is 31.2 Å². The van der Waals surface area contributed by atoms with Crippen LogP contribution in [0.4, 0.5) is 4.79 Å². The second-order valence-corrected chi connectivity index (χ2v) is 4.43. The summed E-state index contributed by atoms with van der Waals surface area (Å²) in [6, 6.07) is 7.44. The van der Waals surface area contributed by atoms with Gasteiger partial charge in [-0.05, 0) is 24.5 Å². The molecule has 5 heteroatoms. The quantitative estimate of drug-likeness (QED) is 0.734. The summed E-state index contributed by atoms with van der Waals surface area (Å²) in [5, 5.41) is 14.1. The van der Waals surface area contributed by atoms with Gasteiger partial charge in [0.1, 0.15) is 0 Å². The molecule has 0 aliphatic rings. The van der Waals surface area contributed by atoms with E-state index in [1.165, 1.54) is 0 Å². The van der Waals surface area contributed by atoms with Crippen LogP contribution in [-0.2, 0) is 11.3 Å². The lowest BCUT2D eigenvalue weighted by atomic mass is 10.1. The molecule has 1 aromatic carbocycles. The highest BCUT2D eigenvalue weighted by atomic mass is 16.4. The number of carboxylic acid groups (broad SMARTS) is 1. The maximum atomic E-state index is 11.6. The first-order valence-corrected chi connectivity index (χ1v) is 6.33. The monoisotopic (exact) mass is 264 g/mol. The number of rotatable bonds is 6. The molecular weight excluding hydrogens is 244 g/mol. The number of hydrogen-bond donors (Lipinski definition) is 3. The van der Waals surface area contributed by atoms with Crippen LogP contribution < -0.4 is 10.6 Å². The molecule has 0 spiro atoms. The van der Waals surface area contributed by atoms with E-state index in [0.717, 1.165) is 11.1 Å². The van der Waals surface area contributed by atoms with Gasteiger partial charge in [0.05, 0.1) is 5.92 Å². The molecule has 0 saturated heterocycles. The van der Waals surface area contributed by atoms with Gasteiger partial charge in [0.2, 0.25) is 0 Å². The summed E-state index contributed by atoms with van der Waals surface area (Å²) in [7, 11) is 0. The highest BCUT2D eigenvalue weighted by Crippen LogP contribution is 2.06. The lowest BCUT2D eigenvalue weighted by molar-refractivity contribution is -0.141. The third-order valence-electron chi connectivity index (χ3n) is 3.05. The van der Waals surface area contributed by atoms with Gasteiger partial charge in [-0.25, -0.2) is 4.79 Å². The largest absolute Gasteiger partial charge is 0.481 e. The Morgan fingerprint density at radius 2 is 1.95 bits per heavy atom. The molecule has 19 heavy (non-hydrogen) atoms. The van der Waals surface area contributed by atoms with E-state index >= 15 is 0 Å². The number of nitrogens with one attached hydrogen (secondary N) is 2. The van der Waals surface area contributed by atoms with Gasteiger partial charge in [0, 0.05) is 13.1 Å². The molecule has 0 heterocycles. The molecule has 1 unspecified atom stereocenters. The van der Waals surface area contributed by atoms with E-state index in [2.05, 4.69) is 10.6 Å². The van der Waals surface area contributed by atoms with Crippen molar-refractivity contribution in [2.45, 2.75) is 26.8 Å². The molecule has 0 aliphatic carbocycles. The minimum atomic E-state index is -0.887. The van der Waals surface area contributed by atoms with Crippen molar-refractivity contribution in [3.05, 3.63) is 35.4 Å². The van der Waals surface area contributed by atoms with Crippen molar-refractivity contribution < 1.29 is 14.7 Å². The maximum absolute atomic E-state index is 11.6. The molecule has 0 saturated carbocycles. The van der Waals surface area contributed by atoms with Crippen molar-refractivity contribution >= 4 is 12.0 Å². The average Bonchev–Trinajstić information content (AvgIpc) is 2.38. The van der Waals surface area contributed by atoms with Crippen LogP contribution in [0.25, 0.3) is 0 Å². The van der Waals surface area contributed by atoms with Gasteiger partial charge in [-0.2, -0.15) is 0 Å². The Morgan fingerprint density at radius 1 is 1.26 bits per heavy atom. The first-order valence-electron chi connectivity index (χ1n) is 6.33. The second kappa shape index (κ2) is 7.41. The molecule has 1 rings (SSSR count). The molecule has 3 N–H and O–H groups in total. The standard InChI is InChI=1S/C14H20N2O3/c1-3-11(13(17)18)8-15-14(19)16-9-12-7-5-4-6-10(12)2/h4-7,11H,3,8-9H2,1-2H3,(H,17,18)(H2,15,16,19). The van der Waals surface area contributed by atoms with E-state index in [-0.39, 0.29) is 12.6 Å². The molecule has 0 radical (unpaired) electrons. The molecule has 1 atom stereocenters. The number of amides is 2. The third-order valence-corrected chi connectivity index (χ3v) is 3.05. The van der Waals surface area contributed by atoms with Gasteiger partial charge in [-0.15, -0.1) is 0 Å². The van der Waals surface area contributed by atoms with E-state index in [1.807, 2.05) is 31.2 Å². The normalized spacial score (nSPS) is 11.7. The van der Waals surface area contributed by atoms with Crippen LogP contribution in [0.5, 0.6) is 0 Å². The molecule has 2 amide bonds. The fourth-order valence-corrected chi connectivity index (χ4v) is 1.67. The molecule has 5 nitrogen and oxygen atoms in total. The number of aryl methyl sites for hydroxylation is 1. The minimum absolute atomic E-state index is 0.144. The molecule has 0 aliphatic heterocycles. The van der Waals surface area contributed by atoms with Crippen molar-refractivity contribution in [3.63, 3.8) is 0 Å². The zero-order valence-corrected chi connectivity index (χ0v) is 11.3. The Bertz CT molecular complexity index is 446. The molecule has 1 aromatic rings. The number of carboxylic acids is 1. The summed E-state index contributed by atoms with van der Waals surface area (Å²) in [5.41, 5.74) is 2.16. The number of carbonyl (C=O) groups is 2.